The zero-order valence-corrected chi connectivity index (χ0v) is 19.6. The number of carbonyl (C=O) groups excluding carboxylic acids is 1. The second kappa shape index (κ2) is 11.7. The number of aryl methyl sites for hydroxylation is 1. The van der Waals surface area contributed by atoms with Crippen molar-refractivity contribution >= 4 is 16.9 Å². The van der Waals surface area contributed by atoms with Gasteiger partial charge in [-0.2, -0.15) is 0 Å². The van der Waals surface area contributed by atoms with Crippen LogP contribution in [0.15, 0.2) is 48.5 Å². The summed E-state index contributed by atoms with van der Waals surface area (Å²) in [7, 11) is 1.66. The number of imidazole rings is 1. The molecule has 0 bridgehead atoms. The first-order valence-corrected chi connectivity index (χ1v) is 12.2. The molecule has 6 heteroatoms. The molecule has 6 nitrogen and oxygen atoms in total. The van der Waals surface area contributed by atoms with E-state index in [4.69, 9.17) is 14.5 Å². The lowest BCUT2D eigenvalue weighted by molar-refractivity contribution is -0.125. The third-order valence-electron chi connectivity index (χ3n) is 6.46. The summed E-state index contributed by atoms with van der Waals surface area (Å²) in [5, 5.41) is 3.15. The van der Waals surface area contributed by atoms with Crippen molar-refractivity contribution in [3.8, 4) is 11.5 Å². The Morgan fingerprint density at radius 3 is 2.61 bits per heavy atom. The lowest BCUT2D eigenvalue weighted by atomic mass is 9.89. The van der Waals surface area contributed by atoms with E-state index in [2.05, 4.69) is 28.1 Å². The Morgan fingerprint density at radius 1 is 1.03 bits per heavy atom. The molecule has 0 saturated heterocycles. The summed E-state index contributed by atoms with van der Waals surface area (Å²) in [6.45, 7) is 2.15. The highest BCUT2D eigenvalue weighted by Crippen LogP contribution is 2.26. The number of hydrogen-bond donors (Lipinski definition) is 1. The van der Waals surface area contributed by atoms with Crippen LogP contribution in [0.25, 0.3) is 11.0 Å². The number of fused-ring (bicyclic) bond motifs is 1. The molecule has 1 aromatic heterocycles. The van der Waals surface area contributed by atoms with E-state index in [1.54, 1.807) is 7.11 Å². The Bertz CT molecular complexity index is 1040. The molecule has 0 radical (unpaired) electrons. The number of hydrogen-bond acceptors (Lipinski definition) is 4. The van der Waals surface area contributed by atoms with Crippen LogP contribution < -0.4 is 14.8 Å². The smallest absolute Gasteiger partial charge is 0.223 e. The molecule has 0 aliphatic heterocycles. The number of unbranched alkanes of at least 4 members (excludes halogenated alkanes) is 1. The summed E-state index contributed by atoms with van der Waals surface area (Å²) >= 11 is 0. The maximum atomic E-state index is 12.5. The third kappa shape index (κ3) is 6.06. The topological polar surface area (TPSA) is 65.4 Å². The number of nitrogens with one attached hydrogen (secondary N) is 1. The minimum atomic E-state index is 0.195. The molecular formula is C27H35N3O3. The normalized spacial score (nSPS) is 14.3. The first-order chi connectivity index (χ1) is 16.3. The highest BCUT2D eigenvalue weighted by Gasteiger charge is 2.20. The quantitative estimate of drug-likeness (QED) is 0.412. The molecule has 1 N–H and O–H groups in total. The summed E-state index contributed by atoms with van der Waals surface area (Å²) in [4.78, 5) is 17.3. The minimum Gasteiger partial charge on any atom is -0.493 e. The lowest BCUT2D eigenvalue weighted by Crippen LogP contribution is -2.33. The summed E-state index contributed by atoms with van der Waals surface area (Å²) < 4.78 is 13.6. The number of carbonyl (C=O) groups is 1. The lowest BCUT2D eigenvalue weighted by Gasteiger charge is -2.20. The van der Waals surface area contributed by atoms with Gasteiger partial charge in [-0.3, -0.25) is 4.79 Å². The van der Waals surface area contributed by atoms with Crippen molar-refractivity contribution in [3.63, 3.8) is 0 Å². The van der Waals surface area contributed by atoms with E-state index in [1.807, 2.05) is 30.3 Å². The third-order valence-corrected chi connectivity index (χ3v) is 6.46. The molecule has 2 aromatic carbocycles. The van der Waals surface area contributed by atoms with Gasteiger partial charge in [-0.25, -0.2) is 4.98 Å². The van der Waals surface area contributed by atoms with E-state index < -0.39 is 0 Å². The molecule has 1 fully saturated rings. The second-order valence-corrected chi connectivity index (χ2v) is 8.75. The monoisotopic (exact) mass is 449 g/mol. The summed E-state index contributed by atoms with van der Waals surface area (Å²) in [5.74, 6) is 2.98. The molecule has 1 aliphatic carbocycles. The SMILES string of the molecule is COc1ccccc1OCCCCn1c(CCNC(=O)C2CCCCC2)nc2ccccc21. The molecule has 1 saturated carbocycles. The van der Waals surface area contributed by atoms with Gasteiger partial charge in [0.25, 0.3) is 0 Å². The summed E-state index contributed by atoms with van der Waals surface area (Å²) in [5.41, 5.74) is 2.16. The van der Waals surface area contributed by atoms with Crippen molar-refractivity contribution in [2.75, 3.05) is 20.3 Å². The zero-order chi connectivity index (χ0) is 22.9. The fraction of sp³-hybridized carbons (Fsp3) is 0.481. The first-order valence-electron chi connectivity index (χ1n) is 12.2. The fourth-order valence-corrected chi connectivity index (χ4v) is 4.66. The van der Waals surface area contributed by atoms with Gasteiger partial charge in [-0.1, -0.05) is 43.5 Å². The number of rotatable bonds is 11. The average Bonchev–Trinajstić information content (AvgIpc) is 3.22. The average molecular weight is 450 g/mol. The molecule has 1 amide bonds. The number of para-hydroxylation sites is 4. The van der Waals surface area contributed by atoms with Crippen LogP contribution in [-0.4, -0.2) is 35.7 Å². The second-order valence-electron chi connectivity index (χ2n) is 8.75. The predicted octanol–water partition coefficient (Wildman–Crippen LogP) is 5.14. The number of ether oxygens (including phenoxy) is 2. The van der Waals surface area contributed by atoms with Crippen LogP contribution in [0.3, 0.4) is 0 Å². The van der Waals surface area contributed by atoms with Crippen molar-refractivity contribution in [2.45, 2.75) is 57.9 Å². The largest absolute Gasteiger partial charge is 0.493 e. The van der Waals surface area contributed by atoms with Crippen molar-refractivity contribution in [2.24, 2.45) is 5.92 Å². The van der Waals surface area contributed by atoms with E-state index in [0.29, 0.717) is 13.2 Å². The Labute approximate surface area is 196 Å². The van der Waals surface area contributed by atoms with Gasteiger partial charge < -0.3 is 19.4 Å². The Kier molecular flexibility index (Phi) is 8.23. The highest BCUT2D eigenvalue weighted by atomic mass is 16.5. The number of benzene rings is 2. The van der Waals surface area contributed by atoms with E-state index in [0.717, 1.165) is 67.0 Å². The van der Waals surface area contributed by atoms with Gasteiger partial charge >= 0.3 is 0 Å². The Hall–Kier alpha value is -3.02. The number of amides is 1. The molecule has 33 heavy (non-hydrogen) atoms. The van der Waals surface area contributed by atoms with Crippen LogP contribution in [0.4, 0.5) is 0 Å². The molecule has 0 atom stereocenters. The fourth-order valence-electron chi connectivity index (χ4n) is 4.66. The van der Waals surface area contributed by atoms with Crippen LogP contribution in [-0.2, 0) is 17.8 Å². The Morgan fingerprint density at radius 2 is 1.79 bits per heavy atom. The number of methoxy groups -OCH3 is 1. The van der Waals surface area contributed by atoms with E-state index in [1.165, 1.54) is 19.3 Å². The van der Waals surface area contributed by atoms with Gasteiger partial charge in [-0.15, -0.1) is 0 Å². The van der Waals surface area contributed by atoms with Gasteiger partial charge in [0.2, 0.25) is 5.91 Å². The summed E-state index contributed by atoms with van der Waals surface area (Å²) in [6, 6.07) is 16.0. The zero-order valence-electron chi connectivity index (χ0n) is 19.6. The van der Waals surface area contributed by atoms with Gasteiger partial charge in [0, 0.05) is 25.4 Å². The molecular weight excluding hydrogens is 414 g/mol. The van der Waals surface area contributed by atoms with Crippen molar-refractivity contribution in [3.05, 3.63) is 54.4 Å². The molecule has 4 rings (SSSR count). The van der Waals surface area contributed by atoms with Gasteiger partial charge in [0.05, 0.1) is 24.8 Å². The predicted molar refractivity (Wildman–Crippen MR) is 131 cm³/mol. The van der Waals surface area contributed by atoms with Crippen molar-refractivity contribution < 1.29 is 14.3 Å². The van der Waals surface area contributed by atoms with Gasteiger partial charge in [0.1, 0.15) is 5.82 Å². The maximum Gasteiger partial charge on any atom is 0.223 e. The van der Waals surface area contributed by atoms with Crippen LogP contribution in [0.2, 0.25) is 0 Å². The Balaban J connectivity index is 1.30. The molecule has 176 valence electrons. The van der Waals surface area contributed by atoms with Crippen LogP contribution in [0.5, 0.6) is 11.5 Å². The van der Waals surface area contributed by atoms with E-state index >= 15 is 0 Å². The molecule has 0 unspecified atom stereocenters. The minimum absolute atomic E-state index is 0.195. The van der Waals surface area contributed by atoms with E-state index in [-0.39, 0.29) is 11.8 Å². The van der Waals surface area contributed by atoms with E-state index in [9.17, 15) is 4.79 Å². The number of nitrogens with zero attached hydrogens (tertiary/aromatic N) is 2. The van der Waals surface area contributed by atoms with Crippen LogP contribution in [0, 0.1) is 5.92 Å². The standard InChI is InChI=1S/C27H35N3O3/c1-32-24-15-7-8-16-25(24)33-20-10-9-19-30-23-14-6-5-13-22(23)29-26(30)17-18-28-27(31)21-11-3-2-4-12-21/h5-8,13-16,21H,2-4,9-12,17-20H2,1H3,(H,28,31). The molecule has 1 aliphatic rings. The number of aromatic nitrogens is 2. The van der Waals surface area contributed by atoms with Crippen molar-refractivity contribution in [1.29, 1.82) is 0 Å². The van der Waals surface area contributed by atoms with Gasteiger partial charge in [0.15, 0.2) is 11.5 Å². The van der Waals surface area contributed by atoms with Crippen molar-refractivity contribution in [1.82, 2.24) is 14.9 Å². The first kappa shape index (κ1) is 23.1. The van der Waals surface area contributed by atoms with Gasteiger partial charge in [-0.05, 0) is 49.9 Å². The summed E-state index contributed by atoms with van der Waals surface area (Å²) in [6.07, 6.45) is 8.33. The molecule has 1 heterocycles. The molecule has 0 spiro atoms. The maximum absolute atomic E-state index is 12.5. The molecule has 3 aromatic rings. The van der Waals surface area contributed by atoms with Crippen LogP contribution >= 0.6 is 0 Å². The highest BCUT2D eigenvalue weighted by molar-refractivity contribution is 5.78. The van der Waals surface area contributed by atoms with Crippen LogP contribution in [0.1, 0.15) is 50.8 Å².